The maximum Gasteiger partial charge on any atom is 0.0824 e. The fourth-order valence-corrected chi connectivity index (χ4v) is 3.13. The SMILES string of the molecule is NCC1CN(Cc2ccn(C3CCCC3)n2)CCO1. The number of rotatable bonds is 4. The Morgan fingerprint density at radius 2 is 2.21 bits per heavy atom. The molecule has 1 aliphatic carbocycles. The van der Waals surface area contributed by atoms with E-state index in [2.05, 4.69) is 21.8 Å². The van der Waals surface area contributed by atoms with Gasteiger partial charge in [0.1, 0.15) is 0 Å². The molecule has 1 aromatic rings. The standard InChI is InChI=1S/C14H24N4O/c15-9-14-11-17(7-8-19-14)10-12-5-6-18(16-12)13-3-1-2-4-13/h5-6,13-14H,1-4,7-11,15H2. The van der Waals surface area contributed by atoms with Crippen molar-refractivity contribution in [2.45, 2.75) is 44.4 Å². The number of hydrogen-bond acceptors (Lipinski definition) is 4. The quantitative estimate of drug-likeness (QED) is 0.886. The summed E-state index contributed by atoms with van der Waals surface area (Å²) in [6.45, 7) is 4.21. The highest BCUT2D eigenvalue weighted by Crippen LogP contribution is 2.28. The summed E-state index contributed by atoms with van der Waals surface area (Å²) >= 11 is 0. The minimum atomic E-state index is 0.186. The number of morpholine rings is 1. The van der Waals surface area contributed by atoms with Crippen LogP contribution in [-0.4, -0.2) is 47.0 Å². The maximum absolute atomic E-state index is 5.67. The molecule has 5 heteroatoms. The average Bonchev–Trinajstić information content (AvgIpc) is 3.09. The molecule has 0 radical (unpaired) electrons. The van der Waals surface area contributed by atoms with Crippen LogP contribution < -0.4 is 5.73 Å². The van der Waals surface area contributed by atoms with E-state index in [1.54, 1.807) is 0 Å². The van der Waals surface area contributed by atoms with Crippen LogP contribution in [0.2, 0.25) is 0 Å². The molecule has 2 N–H and O–H groups in total. The largest absolute Gasteiger partial charge is 0.374 e. The Kier molecular flexibility index (Phi) is 4.15. The molecule has 1 atom stereocenters. The molecule has 2 aliphatic rings. The Labute approximate surface area is 114 Å². The molecule has 0 bridgehead atoms. The number of hydrogen-bond donors (Lipinski definition) is 1. The van der Waals surface area contributed by atoms with Crippen LogP contribution in [0.25, 0.3) is 0 Å². The van der Waals surface area contributed by atoms with Gasteiger partial charge in [0.15, 0.2) is 0 Å². The first-order chi connectivity index (χ1) is 9.35. The van der Waals surface area contributed by atoms with E-state index in [-0.39, 0.29) is 6.10 Å². The molecule has 1 saturated heterocycles. The van der Waals surface area contributed by atoms with E-state index in [0.717, 1.165) is 26.2 Å². The van der Waals surface area contributed by atoms with Crippen LogP contribution in [-0.2, 0) is 11.3 Å². The minimum absolute atomic E-state index is 0.186. The van der Waals surface area contributed by atoms with Crippen molar-refractivity contribution in [2.24, 2.45) is 5.73 Å². The molecule has 19 heavy (non-hydrogen) atoms. The molecule has 106 valence electrons. The Bertz CT molecular complexity index is 400. The van der Waals surface area contributed by atoms with Gasteiger partial charge in [-0.2, -0.15) is 5.10 Å². The van der Waals surface area contributed by atoms with Gasteiger partial charge in [-0.3, -0.25) is 9.58 Å². The number of aromatic nitrogens is 2. The van der Waals surface area contributed by atoms with Crippen molar-refractivity contribution in [1.82, 2.24) is 14.7 Å². The second-order valence-corrected chi connectivity index (χ2v) is 5.69. The first kappa shape index (κ1) is 13.1. The van der Waals surface area contributed by atoms with Crippen LogP contribution in [0.1, 0.15) is 37.4 Å². The van der Waals surface area contributed by atoms with Crippen molar-refractivity contribution in [3.05, 3.63) is 18.0 Å². The summed E-state index contributed by atoms with van der Waals surface area (Å²) in [6.07, 6.45) is 7.60. The summed E-state index contributed by atoms with van der Waals surface area (Å²) < 4.78 is 7.76. The summed E-state index contributed by atoms with van der Waals surface area (Å²) in [4.78, 5) is 2.39. The minimum Gasteiger partial charge on any atom is -0.374 e. The van der Waals surface area contributed by atoms with E-state index in [1.807, 2.05) is 0 Å². The van der Waals surface area contributed by atoms with Gasteiger partial charge in [0.2, 0.25) is 0 Å². The third kappa shape index (κ3) is 3.16. The molecular weight excluding hydrogens is 240 g/mol. The summed E-state index contributed by atoms with van der Waals surface area (Å²) in [5, 5.41) is 4.74. The molecule has 2 heterocycles. The molecule has 0 spiro atoms. The predicted octanol–water partition coefficient (Wildman–Crippen LogP) is 1.16. The molecule has 3 rings (SSSR count). The van der Waals surface area contributed by atoms with Crippen molar-refractivity contribution in [2.75, 3.05) is 26.2 Å². The lowest BCUT2D eigenvalue weighted by Gasteiger charge is -2.31. The highest BCUT2D eigenvalue weighted by Gasteiger charge is 2.21. The van der Waals surface area contributed by atoms with Crippen molar-refractivity contribution in [3.63, 3.8) is 0 Å². The molecule has 2 fully saturated rings. The molecule has 1 aromatic heterocycles. The lowest BCUT2D eigenvalue weighted by molar-refractivity contribution is -0.0264. The summed E-state index contributed by atoms with van der Waals surface area (Å²) in [6, 6.07) is 2.79. The van der Waals surface area contributed by atoms with Gasteiger partial charge in [-0.05, 0) is 18.9 Å². The Morgan fingerprint density at radius 1 is 1.37 bits per heavy atom. The van der Waals surface area contributed by atoms with Crippen molar-refractivity contribution in [3.8, 4) is 0 Å². The Hall–Kier alpha value is -0.910. The van der Waals surface area contributed by atoms with Crippen LogP contribution in [0.5, 0.6) is 0 Å². The lowest BCUT2D eigenvalue weighted by Crippen LogP contribution is -2.45. The summed E-state index contributed by atoms with van der Waals surface area (Å²) in [5.74, 6) is 0. The van der Waals surface area contributed by atoms with Crippen LogP contribution in [0.4, 0.5) is 0 Å². The van der Waals surface area contributed by atoms with E-state index in [4.69, 9.17) is 15.6 Å². The van der Waals surface area contributed by atoms with Crippen molar-refractivity contribution < 1.29 is 4.74 Å². The Balaban J connectivity index is 1.57. The van der Waals surface area contributed by atoms with Crippen LogP contribution in [0, 0.1) is 0 Å². The average molecular weight is 264 g/mol. The predicted molar refractivity (Wildman–Crippen MR) is 73.8 cm³/mol. The molecule has 1 unspecified atom stereocenters. The number of nitrogens with two attached hydrogens (primary N) is 1. The molecule has 5 nitrogen and oxygen atoms in total. The maximum atomic E-state index is 5.67. The Morgan fingerprint density at radius 3 is 3.00 bits per heavy atom. The number of nitrogens with zero attached hydrogens (tertiary/aromatic N) is 3. The van der Waals surface area contributed by atoms with Crippen LogP contribution >= 0.6 is 0 Å². The van der Waals surface area contributed by atoms with Gasteiger partial charge < -0.3 is 10.5 Å². The highest BCUT2D eigenvalue weighted by molar-refractivity contribution is 5.00. The molecule has 1 aliphatic heterocycles. The fourth-order valence-electron chi connectivity index (χ4n) is 3.13. The fraction of sp³-hybridized carbons (Fsp3) is 0.786. The van der Waals surface area contributed by atoms with Gasteiger partial charge in [-0.1, -0.05) is 12.8 Å². The smallest absolute Gasteiger partial charge is 0.0824 e. The van der Waals surface area contributed by atoms with Crippen LogP contribution in [0.15, 0.2) is 12.3 Å². The summed E-state index contributed by atoms with van der Waals surface area (Å²) in [5.41, 5.74) is 6.85. The highest BCUT2D eigenvalue weighted by atomic mass is 16.5. The van der Waals surface area contributed by atoms with Gasteiger partial charge in [0.25, 0.3) is 0 Å². The first-order valence-electron chi connectivity index (χ1n) is 7.43. The van der Waals surface area contributed by atoms with E-state index in [0.29, 0.717) is 12.6 Å². The molecule has 0 amide bonds. The lowest BCUT2D eigenvalue weighted by atomic mass is 10.2. The zero-order valence-electron chi connectivity index (χ0n) is 11.5. The van der Waals surface area contributed by atoms with E-state index >= 15 is 0 Å². The van der Waals surface area contributed by atoms with Gasteiger partial charge in [-0.15, -0.1) is 0 Å². The van der Waals surface area contributed by atoms with E-state index < -0.39 is 0 Å². The van der Waals surface area contributed by atoms with E-state index in [9.17, 15) is 0 Å². The third-order valence-electron chi connectivity index (χ3n) is 4.23. The second-order valence-electron chi connectivity index (χ2n) is 5.69. The van der Waals surface area contributed by atoms with Crippen molar-refractivity contribution in [1.29, 1.82) is 0 Å². The molecular formula is C14H24N4O. The monoisotopic (exact) mass is 264 g/mol. The summed E-state index contributed by atoms with van der Waals surface area (Å²) in [7, 11) is 0. The van der Waals surface area contributed by atoms with Crippen molar-refractivity contribution >= 4 is 0 Å². The topological polar surface area (TPSA) is 56.3 Å². The van der Waals surface area contributed by atoms with Gasteiger partial charge in [-0.25, -0.2) is 0 Å². The van der Waals surface area contributed by atoms with Gasteiger partial charge in [0.05, 0.1) is 24.4 Å². The van der Waals surface area contributed by atoms with Crippen LogP contribution in [0.3, 0.4) is 0 Å². The zero-order chi connectivity index (χ0) is 13.1. The molecule has 0 aromatic carbocycles. The van der Waals surface area contributed by atoms with Gasteiger partial charge >= 0.3 is 0 Å². The van der Waals surface area contributed by atoms with E-state index in [1.165, 1.54) is 31.4 Å². The van der Waals surface area contributed by atoms with Gasteiger partial charge in [0, 0.05) is 32.4 Å². The number of ether oxygens (including phenoxy) is 1. The second kappa shape index (κ2) is 6.03. The zero-order valence-corrected chi connectivity index (χ0v) is 11.5. The first-order valence-corrected chi connectivity index (χ1v) is 7.43. The molecule has 1 saturated carbocycles. The third-order valence-corrected chi connectivity index (χ3v) is 4.23. The normalized spacial score (nSPS) is 26.1.